The van der Waals surface area contributed by atoms with Crippen LogP contribution in [0.2, 0.25) is 0 Å². The van der Waals surface area contributed by atoms with Gasteiger partial charge in [0.1, 0.15) is 5.82 Å². The second-order valence-electron chi connectivity index (χ2n) is 6.84. The Morgan fingerprint density at radius 2 is 2.07 bits per heavy atom. The van der Waals surface area contributed by atoms with Gasteiger partial charge < -0.3 is 15.8 Å². The van der Waals surface area contributed by atoms with Crippen molar-refractivity contribution in [2.24, 2.45) is 5.73 Å². The number of carbonyl (C=O) groups excluding carboxylic acids is 2. The van der Waals surface area contributed by atoms with E-state index in [1.54, 1.807) is 0 Å². The molecule has 0 radical (unpaired) electrons. The molecular formula is C19H27FN4O3. The number of nitrogens with zero attached hydrogens (tertiary/aromatic N) is 1. The average molecular weight is 378 g/mol. The highest BCUT2D eigenvalue weighted by Crippen LogP contribution is 2.33. The van der Waals surface area contributed by atoms with Crippen molar-refractivity contribution in [3.8, 4) is 0 Å². The second-order valence-corrected chi connectivity index (χ2v) is 6.84. The largest absolute Gasteiger partial charge is 0.385 e. The molecule has 1 aromatic rings. The first-order valence-corrected chi connectivity index (χ1v) is 9.05. The van der Waals surface area contributed by atoms with E-state index in [0.717, 1.165) is 6.07 Å². The Balaban J connectivity index is 2.44. The molecule has 148 valence electrons. The number of guanidine groups is 1. The molecule has 7 nitrogen and oxygen atoms in total. The number of carbonyl (C=O) groups is 2. The van der Waals surface area contributed by atoms with Crippen molar-refractivity contribution < 1.29 is 18.7 Å². The topological polar surface area (TPSA) is 109 Å². The fraction of sp³-hybridized carbons (Fsp3) is 0.526. The van der Waals surface area contributed by atoms with E-state index in [1.807, 2.05) is 13.8 Å². The molecule has 1 aliphatic rings. The molecule has 0 aliphatic carbocycles. The molecule has 0 saturated carbocycles. The molecular weight excluding hydrogens is 351 g/mol. The molecule has 0 bridgehead atoms. The maximum absolute atomic E-state index is 14.1. The van der Waals surface area contributed by atoms with Gasteiger partial charge in [-0.25, -0.2) is 4.39 Å². The maximum atomic E-state index is 14.1. The Hall–Kier alpha value is -2.48. The summed E-state index contributed by atoms with van der Waals surface area (Å²) in [5.41, 5.74) is 5.27. The molecule has 1 aliphatic heterocycles. The molecule has 0 aromatic heterocycles. The molecule has 0 spiro atoms. The number of benzene rings is 1. The molecule has 2 rings (SSSR count). The molecule has 1 heterocycles. The van der Waals surface area contributed by atoms with Gasteiger partial charge in [-0.05, 0) is 43.0 Å². The number of hydrogen-bond acceptors (Lipinski definition) is 4. The Kier molecular flexibility index (Phi) is 6.54. The molecule has 1 aromatic carbocycles. The van der Waals surface area contributed by atoms with Gasteiger partial charge in [0, 0.05) is 24.8 Å². The Bertz CT molecular complexity index is 714. The van der Waals surface area contributed by atoms with Gasteiger partial charge in [0.15, 0.2) is 5.96 Å². The fourth-order valence-corrected chi connectivity index (χ4v) is 3.48. The summed E-state index contributed by atoms with van der Waals surface area (Å²) < 4.78 is 19.2. The molecule has 1 saturated heterocycles. The van der Waals surface area contributed by atoms with Crippen LogP contribution in [0.15, 0.2) is 18.2 Å². The third-order valence-corrected chi connectivity index (χ3v) is 5.23. The Morgan fingerprint density at radius 3 is 2.59 bits per heavy atom. The summed E-state index contributed by atoms with van der Waals surface area (Å²) in [5.74, 6) is -1.62. The van der Waals surface area contributed by atoms with Crippen molar-refractivity contribution in [2.75, 3.05) is 13.7 Å². The number of rotatable bonds is 8. The molecule has 2 amide bonds. The third kappa shape index (κ3) is 4.44. The molecule has 27 heavy (non-hydrogen) atoms. The van der Waals surface area contributed by atoms with Crippen molar-refractivity contribution in [3.05, 3.63) is 35.1 Å². The van der Waals surface area contributed by atoms with E-state index in [-0.39, 0.29) is 23.9 Å². The van der Waals surface area contributed by atoms with Gasteiger partial charge in [-0.1, -0.05) is 13.8 Å². The number of methoxy groups -OCH3 is 1. The zero-order valence-electron chi connectivity index (χ0n) is 16.0. The van der Waals surface area contributed by atoms with E-state index >= 15 is 0 Å². The lowest BCUT2D eigenvalue weighted by atomic mass is 9.86. The van der Waals surface area contributed by atoms with E-state index in [1.165, 1.54) is 24.1 Å². The van der Waals surface area contributed by atoms with Crippen LogP contribution in [0.3, 0.4) is 0 Å². The van der Waals surface area contributed by atoms with Crippen molar-refractivity contribution in [1.82, 2.24) is 10.2 Å². The van der Waals surface area contributed by atoms with E-state index in [9.17, 15) is 14.0 Å². The van der Waals surface area contributed by atoms with Crippen LogP contribution in [-0.4, -0.2) is 41.9 Å². The number of ether oxygens (including phenoxy) is 1. The maximum Gasteiger partial charge on any atom is 0.248 e. The van der Waals surface area contributed by atoms with Crippen LogP contribution in [0.5, 0.6) is 0 Å². The van der Waals surface area contributed by atoms with E-state index in [4.69, 9.17) is 15.9 Å². The lowest BCUT2D eigenvalue weighted by Crippen LogP contribution is -2.62. The zero-order valence-corrected chi connectivity index (χ0v) is 16.0. The SMILES string of the molecule is CCC1(CC)CC(=O)N([C@H](CCOC)c2cc(F)cc(C(N)=O)c2)C(=N)N1. The van der Waals surface area contributed by atoms with Crippen molar-refractivity contribution in [3.63, 3.8) is 0 Å². The summed E-state index contributed by atoms with van der Waals surface area (Å²) in [6.45, 7) is 4.25. The van der Waals surface area contributed by atoms with Gasteiger partial charge in [-0.15, -0.1) is 0 Å². The van der Waals surface area contributed by atoms with E-state index in [2.05, 4.69) is 5.32 Å². The van der Waals surface area contributed by atoms with Crippen molar-refractivity contribution in [1.29, 1.82) is 5.41 Å². The molecule has 0 unspecified atom stereocenters. The van der Waals surface area contributed by atoms with Crippen molar-refractivity contribution >= 4 is 17.8 Å². The van der Waals surface area contributed by atoms with Gasteiger partial charge in [-0.3, -0.25) is 19.9 Å². The fourth-order valence-electron chi connectivity index (χ4n) is 3.48. The van der Waals surface area contributed by atoms with Crippen LogP contribution in [0.25, 0.3) is 0 Å². The zero-order chi connectivity index (χ0) is 20.2. The van der Waals surface area contributed by atoms with Gasteiger partial charge in [0.2, 0.25) is 11.8 Å². The summed E-state index contributed by atoms with van der Waals surface area (Å²) in [7, 11) is 1.53. The highest BCUT2D eigenvalue weighted by Gasteiger charge is 2.42. The molecule has 4 N–H and O–H groups in total. The number of primary amides is 1. The Morgan fingerprint density at radius 1 is 1.41 bits per heavy atom. The lowest BCUT2D eigenvalue weighted by Gasteiger charge is -2.45. The minimum Gasteiger partial charge on any atom is -0.385 e. The quantitative estimate of drug-likeness (QED) is 0.645. The lowest BCUT2D eigenvalue weighted by molar-refractivity contribution is -0.133. The number of nitrogens with one attached hydrogen (secondary N) is 2. The van der Waals surface area contributed by atoms with Gasteiger partial charge in [-0.2, -0.15) is 0 Å². The monoisotopic (exact) mass is 378 g/mol. The van der Waals surface area contributed by atoms with Crippen LogP contribution in [0.1, 0.15) is 61.5 Å². The smallest absolute Gasteiger partial charge is 0.248 e. The molecule has 1 atom stereocenters. The number of hydrogen-bond donors (Lipinski definition) is 3. The van der Waals surface area contributed by atoms with Crippen LogP contribution < -0.4 is 11.1 Å². The summed E-state index contributed by atoms with van der Waals surface area (Å²) in [5, 5.41) is 11.6. The van der Waals surface area contributed by atoms with Crippen molar-refractivity contribution in [2.45, 2.75) is 51.1 Å². The molecule has 1 fully saturated rings. The highest BCUT2D eigenvalue weighted by atomic mass is 19.1. The third-order valence-electron chi connectivity index (χ3n) is 5.23. The first-order chi connectivity index (χ1) is 12.8. The first kappa shape index (κ1) is 20.8. The standard InChI is InChI=1S/C19H27FN4O3/c1-4-19(5-2)11-16(25)24(18(22)23-19)15(6-7-27-3)12-8-13(17(21)26)10-14(20)9-12/h8-10,15H,4-7,11H2,1-3H3,(H2,21,26)(H2,22,23)/t15-/m1/s1. The first-order valence-electron chi connectivity index (χ1n) is 9.05. The Labute approximate surface area is 158 Å². The minimum atomic E-state index is -0.754. The normalized spacial score (nSPS) is 17.6. The average Bonchev–Trinajstić information content (AvgIpc) is 2.63. The van der Waals surface area contributed by atoms with E-state index in [0.29, 0.717) is 31.4 Å². The summed E-state index contributed by atoms with van der Waals surface area (Å²) in [6, 6.07) is 3.14. The number of halogens is 1. The van der Waals surface area contributed by atoms with Gasteiger partial charge >= 0.3 is 0 Å². The summed E-state index contributed by atoms with van der Waals surface area (Å²) >= 11 is 0. The van der Waals surface area contributed by atoms with Crippen LogP contribution in [-0.2, 0) is 9.53 Å². The van der Waals surface area contributed by atoms with Crippen LogP contribution in [0.4, 0.5) is 4.39 Å². The van der Waals surface area contributed by atoms with Crippen LogP contribution >= 0.6 is 0 Å². The summed E-state index contributed by atoms with van der Waals surface area (Å²) in [4.78, 5) is 25.8. The highest BCUT2D eigenvalue weighted by molar-refractivity contribution is 5.99. The number of amides is 2. The minimum absolute atomic E-state index is 0.0211. The van der Waals surface area contributed by atoms with E-state index < -0.39 is 23.3 Å². The molecule has 8 heteroatoms. The predicted octanol–water partition coefficient (Wildman–Crippen LogP) is 2.32. The van der Waals surface area contributed by atoms with Gasteiger partial charge in [0.05, 0.1) is 12.5 Å². The predicted molar refractivity (Wildman–Crippen MR) is 99.8 cm³/mol. The summed E-state index contributed by atoms with van der Waals surface area (Å²) in [6.07, 6.45) is 2.00. The van der Waals surface area contributed by atoms with Gasteiger partial charge in [0.25, 0.3) is 0 Å². The second kappa shape index (κ2) is 8.47. The number of nitrogens with two attached hydrogens (primary N) is 1. The van der Waals surface area contributed by atoms with Crippen LogP contribution in [0, 0.1) is 11.2 Å².